The molecule has 0 aliphatic carbocycles. The van der Waals surface area contributed by atoms with E-state index >= 15 is 0 Å². The summed E-state index contributed by atoms with van der Waals surface area (Å²) in [6.07, 6.45) is 2.29. The predicted octanol–water partition coefficient (Wildman–Crippen LogP) is 0.501. The molecule has 1 saturated heterocycles. The first kappa shape index (κ1) is 11.0. The number of nitrogens with zero attached hydrogens (tertiary/aromatic N) is 2. The molecule has 1 fully saturated rings. The highest BCUT2D eigenvalue weighted by Gasteiger charge is 2.32. The van der Waals surface area contributed by atoms with Gasteiger partial charge in [-0.05, 0) is 33.2 Å². The van der Waals surface area contributed by atoms with Gasteiger partial charge in [-0.15, -0.1) is 0 Å². The first-order valence-electron chi connectivity index (χ1n) is 4.95. The van der Waals surface area contributed by atoms with Gasteiger partial charge in [-0.3, -0.25) is 9.69 Å². The summed E-state index contributed by atoms with van der Waals surface area (Å²) in [5.41, 5.74) is 0.129. The second-order valence-electron chi connectivity index (χ2n) is 4.27. The maximum absolute atomic E-state index is 11.3. The van der Waals surface area contributed by atoms with Crippen molar-refractivity contribution in [3.8, 4) is 6.07 Å². The quantitative estimate of drug-likeness (QED) is 0.667. The van der Waals surface area contributed by atoms with E-state index in [0.717, 1.165) is 19.4 Å². The molecule has 14 heavy (non-hydrogen) atoms. The minimum atomic E-state index is -0.0541. The largest absolute Gasteiger partial charge is 0.342 e. The van der Waals surface area contributed by atoms with Crippen LogP contribution in [0.2, 0.25) is 0 Å². The molecule has 1 aliphatic heterocycles. The zero-order valence-electron chi connectivity index (χ0n) is 8.84. The van der Waals surface area contributed by atoms with Crippen LogP contribution in [0.3, 0.4) is 0 Å². The molecule has 1 heterocycles. The van der Waals surface area contributed by atoms with Gasteiger partial charge in [-0.2, -0.15) is 5.26 Å². The molecule has 4 nitrogen and oxygen atoms in total. The van der Waals surface area contributed by atoms with Crippen LogP contribution in [-0.2, 0) is 4.79 Å². The summed E-state index contributed by atoms with van der Waals surface area (Å²) in [5.74, 6) is -0.0541. The molecule has 0 radical (unpaired) electrons. The Morgan fingerprint density at radius 3 is 2.86 bits per heavy atom. The lowest BCUT2D eigenvalue weighted by Gasteiger charge is -2.30. The van der Waals surface area contributed by atoms with Crippen molar-refractivity contribution in [1.29, 1.82) is 5.26 Å². The van der Waals surface area contributed by atoms with Crippen molar-refractivity contribution in [3.63, 3.8) is 0 Å². The van der Waals surface area contributed by atoms with Crippen LogP contribution in [0, 0.1) is 11.3 Å². The van der Waals surface area contributed by atoms with E-state index < -0.39 is 0 Å². The average molecular weight is 195 g/mol. The fourth-order valence-electron chi connectivity index (χ4n) is 1.82. The van der Waals surface area contributed by atoms with E-state index in [1.165, 1.54) is 0 Å². The highest BCUT2D eigenvalue weighted by molar-refractivity contribution is 5.78. The Hall–Kier alpha value is -1.08. The van der Waals surface area contributed by atoms with E-state index in [2.05, 4.69) is 24.1 Å². The Labute approximate surface area is 84.9 Å². The summed E-state index contributed by atoms with van der Waals surface area (Å²) in [5, 5.41) is 10.9. The van der Waals surface area contributed by atoms with Crippen LogP contribution in [-0.4, -0.2) is 36.0 Å². The molecule has 0 saturated carbocycles. The standard InChI is InChI=1S/C10H17N3O/c1-10(2)4-3-7-13(10)8-9(14)12-6-5-11/h3-4,6-8H2,1-2H3,(H,12,14). The molecule has 0 aromatic carbocycles. The van der Waals surface area contributed by atoms with Gasteiger partial charge in [0.15, 0.2) is 0 Å². The predicted molar refractivity (Wildman–Crippen MR) is 53.5 cm³/mol. The second kappa shape index (κ2) is 4.43. The summed E-state index contributed by atoms with van der Waals surface area (Å²) in [4.78, 5) is 13.5. The van der Waals surface area contributed by atoms with Crippen molar-refractivity contribution in [3.05, 3.63) is 0 Å². The summed E-state index contributed by atoms with van der Waals surface area (Å²) in [7, 11) is 0. The average Bonchev–Trinajstić information content (AvgIpc) is 2.43. The van der Waals surface area contributed by atoms with E-state index in [0.29, 0.717) is 6.54 Å². The third-order valence-corrected chi connectivity index (χ3v) is 2.77. The summed E-state index contributed by atoms with van der Waals surface area (Å²) in [6.45, 7) is 5.80. The Bertz CT molecular complexity index is 255. The first-order valence-corrected chi connectivity index (χ1v) is 4.95. The molecule has 0 atom stereocenters. The number of likely N-dealkylation sites (tertiary alicyclic amines) is 1. The normalized spacial score (nSPS) is 20.4. The van der Waals surface area contributed by atoms with Crippen molar-refractivity contribution in [2.75, 3.05) is 19.6 Å². The lowest BCUT2D eigenvalue weighted by atomic mass is 10.0. The van der Waals surface area contributed by atoms with Gasteiger partial charge < -0.3 is 5.32 Å². The fourth-order valence-corrected chi connectivity index (χ4v) is 1.82. The van der Waals surface area contributed by atoms with Gasteiger partial charge in [0.25, 0.3) is 0 Å². The minimum Gasteiger partial charge on any atom is -0.342 e. The molecule has 0 aromatic heterocycles. The lowest BCUT2D eigenvalue weighted by molar-refractivity contribution is -0.122. The van der Waals surface area contributed by atoms with Gasteiger partial charge in [0.05, 0.1) is 12.6 Å². The van der Waals surface area contributed by atoms with Crippen LogP contribution in [0.4, 0.5) is 0 Å². The molecule has 1 amide bonds. The second-order valence-corrected chi connectivity index (χ2v) is 4.27. The van der Waals surface area contributed by atoms with Crippen molar-refractivity contribution in [2.24, 2.45) is 0 Å². The molecule has 0 aromatic rings. The highest BCUT2D eigenvalue weighted by atomic mass is 16.2. The van der Waals surface area contributed by atoms with Crippen molar-refractivity contribution >= 4 is 5.91 Å². The van der Waals surface area contributed by atoms with Gasteiger partial charge in [0.2, 0.25) is 5.91 Å². The smallest absolute Gasteiger partial charge is 0.235 e. The molecular weight excluding hydrogens is 178 g/mol. The van der Waals surface area contributed by atoms with Gasteiger partial charge in [0.1, 0.15) is 6.54 Å². The molecule has 78 valence electrons. The maximum Gasteiger partial charge on any atom is 0.235 e. The Kier molecular flexibility index (Phi) is 3.48. The van der Waals surface area contributed by atoms with Gasteiger partial charge in [-0.1, -0.05) is 0 Å². The summed E-state index contributed by atoms with van der Waals surface area (Å²) in [6, 6.07) is 1.89. The van der Waals surface area contributed by atoms with Crippen LogP contribution >= 0.6 is 0 Å². The molecule has 1 aliphatic rings. The Morgan fingerprint density at radius 2 is 2.36 bits per heavy atom. The monoisotopic (exact) mass is 195 g/mol. The fraction of sp³-hybridized carbons (Fsp3) is 0.800. The molecule has 0 spiro atoms. The maximum atomic E-state index is 11.3. The van der Waals surface area contributed by atoms with E-state index in [1.54, 1.807) is 0 Å². The topological polar surface area (TPSA) is 56.1 Å². The van der Waals surface area contributed by atoms with Crippen molar-refractivity contribution < 1.29 is 4.79 Å². The number of nitriles is 1. The SMILES string of the molecule is CC1(C)CCCN1CC(=O)NCC#N. The first-order chi connectivity index (χ1) is 6.56. The number of hydrogen-bond acceptors (Lipinski definition) is 3. The minimum absolute atomic E-state index is 0.0541. The highest BCUT2D eigenvalue weighted by Crippen LogP contribution is 2.27. The third-order valence-electron chi connectivity index (χ3n) is 2.77. The number of carbonyl (C=O) groups excluding carboxylic acids is 1. The van der Waals surface area contributed by atoms with Crippen LogP contribution in [0.15, 0.2) is 0 Å². The number of amides is 1. The Morgan fingerprint density at radius 1 is 1.64 bits per heavy atom. The van der Waals surface area contributed by atoms with Gasteiger partial charge in [0, 0.05) is 5.54 Å². The van der Waals surface area contributed by atoms with E-state index in [9.17, 15) is 4.79 Å². The lowest BCUT2D eigenvalue weighted by Crippen LogP contribution is -2.44. The third kappa shape index (κ3) is 2.71. The van der Waals surface area contributed by atoms with Crippen LogP contribution in [0.5, 0.6) is 0 Å². The molecule has 1 rings (SSSR count). The number of rotatable bonds is 3. The summed E-state index contributed by atoms with van der Waals surface area (Å²) >= 11 is 0. The molecular formula is C10H17N3O. The van der Waals surface area contributed by atoms with Crippen LogP contribution in [0.1, 0.15) is 26.7 Å². The summed E-state index contributed by atoms with van der Waals surface area (Å²) < 4.78 is 0. The number of hydrogen-bond donors (Lipinski definition) is 1. The number of carbonyl (C=O) groups is 1. The van der Waals surface area contributed by atoms with E-state index in [1.807, 2.05) is 6.07 Å². The van der Waals surface area contributed by atoms with Crippen molar-refractivity contribution in [2.45, 2.75) is 32.2 Å². The zero-order valence-corrected chi connectivity index (χ0v) is 8.84. The molecule has 0 bridgehead atoms. The van der Waals surface area contributed by atoms with Crippen molar-refractivity contribution in [1.82, 2.24) is 10.2 Å². The molecule has 0 unspecified atom stereocenters. The van der Waals surface area contributed by atoms with Gasteiger partial charge >= 0.3 is 0 Å². The zero-order chi connectivity index (χ0) is 10.6. The van der Waals surface area contributed by atoms with Gasteiger partial charge in [-0.25, -0.2) is 0 Å². The van der Waals surface area contributed by atoms with E-state index in [4.69, 9.17) is 5.26 Å². The van der Waals surface area contributed by atoms with Crippen LogP contribution in [0.25, 0.3) is 0 Å². The number of nitrogens with one attached hydrogen (secondary N) is 1. The molecule has 4 heteroatoms. The molecule has 1 N–H and O–H groups in total. The van der Waals surface area contributed by atoms with E-state index in [-0.39, 0.29) is 18.0 Å². The Balaban J connectivity index is 2.37. The van der Waals surface area contributed by atoms with Crippen LogP contribution < -0.4 is 5.32 Å².